The molecular formula is C10H15NO5P2. The molecule has 0 radical (unpaired) electrons. The van der Waals surface area contributed by atoms with E-state index in [0.29, 0.717) is 0 Å². The van der Waals surface area contributed by atoms with Crippen LogP contribution in [0.25, 0.3) is 0 Å². The van der Waals surface area contributed by atoms with E-state index in [4.69, 9.17) is 9.63 Å². The maximum Gasteiger partial charge on any atom is 0.407 e. The maximum absolute atomic E-state index is 11.2. The minimum atomic E-state index is -3.61. The van der Waals surface area contributed by atoms with E-state index in [1.54, 1.807) is 9.47 Å². The Morgan fingerprint density at radius 1 is 1.39 bits per heavy atom. The van der Waals surface area contributed by atoms with Gasteiger partial charge in [0.25, 0.3) is 0 Å². The fraction of sp³-hybridized carbons (Fsp3) is 0.300. The zero-order chi connectivity index (χ0) is 13.4. The molecule has 1 aromatic carbocycles. The molecule has 0 heterocycles. The molecule has 18 heavy (non-hydrogen) atoms. The summed E-state index contributed by atoms with van der Waals surface area (Å²) in [4.78, 5) is 20.3. The summed E-state index contributed by atoms with van der Waals surface area (Å²) >= 11 is 0. The standard InChI is InChI=1S/C10H15NO5P2/c12-10(11-6-7-18(13,14)16-17)15-8-9-4-2-1-3-5-9/h1-5H,6-8,17H2,(H,11,12)(H,13,14). The van der Waals surface area contributed by atoms with E-state index in [-0.39, 0.29) is 19.3 Å². The van der Waals surface area contributed by atoms with E-state index >= 15 is 0 Å². The van der Waals surface area contributed by atoms with Gasteiger partial charge in [-0.2, -0.15) is 0 Å². The summed E-state index contributed by atoms with van der Waals surface area (Å²) < 4.78 is 20.3. The van der Waals surface area contributed by atoms with Gasteiger partial charge in [-0.3, -0.25) is 8.88 Å². The van der Waals surface area contributed by atoms with Gasteiger partial charge in [0.2, 0.25) is 0 Å². The highest BCUT2D eigenvalue weighted by Gasteiger charge is 2.17. The molecule has 2 atom stereocenters. The lowest BCUT2D eigenvalue weighted by atomic mass is 10.2. The van der Waals surface area contributed by atoms with Crippen LogP contribution in [0, 0.1) is 0 Å². The number of amides is 1. The van der Waals surface area contributed by atoms with E-state index in [9.17, 15) is 9.36 Å². The Hall–Kier alpha value is -0.930. The van der Waals surface area contributed by atoms with E-state index in [0.717, 1.165) is 5.56 Å². The molecule has 0 fully saturated rings. The summed E-state index contributed by atoms with van der Waals surface area (Å²) in [6.07, 6.45) is -0.806. The molecular weight excluding hydrogens is 276 g/mol. The number of carbonyl (C=O) groups excluding carboxylic acids is 1. The first-order valence-corrected chi connectivity index (χ1v) is 7.42. The summed E-state index contributed by atoms with van der Waals surface area (Å²) in [6, 6.07) is 9.21. The first kappa shape index (κ1) is 15.1. The molecule has 0 aromatic heterocycles. The Bertz CT molecular complexity index is 426. The molecule has 1 aromatic rings. The van der Waals surface area contributed by atoms with Gasteiger partial charge in [0.05, 0.1) is 6.16 Å². The number of alkyl carbamates (subject to hydrolysis) is 1. The van der Waals surface area contributed by atoms with Gasteiger partial charge in [-0.1, -0.05) is 30.3 Å². The lowest BCUT2D eigenvalue weighted by Crippen LogP contribution is -2.27. The van der Waals surface area contributed by atoms with Crippen LogP contribution < -0.4 is 5.32 Å². The smallest absolute Gasteiger partial charge is 0.407 e. The normalized spacial score (nSPS) is 13.7. The highest BCUT2D eigenvalue weighted by Crippen LogP contribution is 2.43. The Labute approximate surface area is 108 Å². The highest BCUT2D eigenvalue weighted by atomic mass is 31.2. The third-order valence-electron chi connectivity index (χ3n) is 2.04. The number of ether oxygens (including phenoxy) is 1. The quantitative estimate of drug-likeness (QED) is 0.782. The summed E-state index contributed by atoms with van der Waals surface area (Å²) in [5.74, 6) is 0. The van der Waals surface area contributed by atoms with Crippen molar-refractivity contribution in [2.75, 3.05) is 12.7 Å². The van der Waals surface area contributed by atoms with Gasteiger partial charge in [-0.05, 0) is 5.56 Å². The van der Waals surface area contributed by atoms with Gasteiger partial charge in [0.15, 0.2) is 0 Å². The van der Waals surface area contributed by atoms with E-state index in [2.05, 4.69) is 9.63 Å². The SMILES string of the molecule is O=C(NCCP(=O)(O)OP)OCc1ccccc1. The van der Waals surface area contributed by atoms with Crippen molar-refractivity contribution in [3.8, 4) is 0 Å². The number of hydrogen-bond acceptors (Lipinski definition) is 4. The largest absolute Gasteiger partial charge is 0.445 e. The molecule has 100 valence electrons. The third-order valence-corrected chi connectivity index (χ3v) is 4.15. The second kappa shape index (κ2) is 7.49. The number of hydrogen-bond donors (Lipinski definition) is 2. The molecule has 1 amide bonds. The molecule has 0 saturated heterocycles. The van der Waals surface area contributed by atoms with Crippen LogP contribution in [-0.2, 0) is 20.2 Å². The molecule has 0 bridgehead atoms. The van der Waals surface area contributed by atoms with E-state index in [1.165, 1.54) is 0 Å². The molecule has 0 aliphatic carbocycles. The monoisotopic (exact) mass is 291 g/mol. The van der Waals surface area contributed by atoms with E-state index < -0.39 is 13.7 Å². The fourth-order valence-electron chi connectivity index (χ4n) is 1.13. The highest BCUT2D eigenvalue weighted by molar-refractivity contribution is 7.56. The summed E-state index contributed by atoms with van der Waals surface area (Å²) in [6.45, 7) is 0.166. The molecule has 0 saturated carbocycles. The van der Waals surface area contributed by atoms with Crippen molar-refractivity contribution in [1.29, 1.82) is 0 Å². The first-order valence-electron chi connectivity index (χ1n) is 5.18. The Morgan fingerprint density at radius 3 is 2.67 bits per heavy atom. The number of nitrogens with one attached hydrogen (secondary N) is 1. The fourth-order valence-corrected chi connectivity index (χ4v) is 1.94. The Morgan fingerprint density at radius 2 is 2.06 bits per heavy atom. The van der Waals surface area contributed by atoms with Crippen molar-refractivity contribution in [3.63, 3.8) is 0 Å². The minimum absolute atomic E-state index is 0.00972. The van der Waals surface area contributed by atoms with Crippen LogP contribution in [0.3, 0.4) is 0 Å². The van der Waals surface area contributed by atoms with Gasteiger partial charge >= 0.3 is 13.7 Å². The van der Waals surface area contributed by atoms with Crippen molar-refractivity contribution >= 4 is 23.2 Å². The maximum atomic E-state index is 11.2. The third kappa shape index (κ3) is 6.12. The number of rotatable bonds is 6. The van der Waals surface area contributed by atoms with Crippen LogP contribution in [0.1, 0.15) is 5.56 Å². The predicted octanol–water partition coefficient (Wildman–Crippen LogP) is 1.90. The Balaban J connectivity index is 2.21. The van der Waals surface area contributed by atoms with Crippen LogP contribution in [0.15, 0.2) is 30.3 Å². The zero-order valence-electron chi connectivity index (χ0n) is 9.61. The molecule has 2 N–H and O–H groups in total. The van der Waals surface area contributed by atoms with Crippen LogP contribution in [-0.4, -0.2) is 23.7 Å². The van der Waals surface area contributed by atoms with E-state index in [1.807, 2.05) is 30.3 Å². The molecule has 8 heteroatoms. The molecule has 6 nitrogen and oxygen atoms in total. The van der Waals surface area contributed by atoms with Crippen molar-refractivity contribution in [1.82, 2.24) is 5.32 Å². The molecule has 0 aliphatic rings. The summed E-state index contributed by atoms with van der Waals surface area (Å²) in [7, 11) is -1.89. The molecule has 2 unspecified atom stereocenters. The average Bonchev–Trinajstić information content (AvgIpc) is 2.37. The average molecular weight is 291 g/mol. The van der Waals surface area contributed by atoms with Crippen LogP contribution >= 0.6 is 17.1 Å². The van der Waals surface area contributed by atoms with Crippen LogP contribution in [0.5, 0.6) is 0 Å². The van der Waals surface area contributed by atoms with Crippen molar-refractivity contribution in [2.24, 2.45) is 0 Å². The van der Waals surface area contributed by atoms with Crippen LogP contribution in [0.4, 0.5) is 4.79 Å². The summed E-state index contributed by atoms with van der Waals surface area (Å²) in [5, 5.41) is 2.36. The number of benzene rings is 1. The second-order valence-corrected chi connectivity index (χ2v) is 6.02. The second-order valence-electron chi connectivity index (χ2n) is 3.45. The topological polar surface area (TPSA) is 84.9 Å². The van der Waals surface area contributed by atoms with Crippen molar-refractivity contribution in [2.45, 2.75) is 6.61 Å². The van der Waals surface area contributed by atoms with Gasteiger partial charge in [0, 0.05) is 16.0 Å². The Kier molecular flexibility index (Phi) is 6.30. The minimum Gasteiger partial charge on any atom is -0.445 e. The van der Waals surface area contributed by atoms with Gasteiger partial charge in [0.1, 0.15) is 6.61 Å². The predicted molar refractivity (Wildman–Crippen MR) is 70.1 cm³/mol. The van der Waals surface area contributed by atoms with Crippen molar-refractivity contribution in [3.05, 3.63) is 35.9 Å². The molecule has 0 aliphatic heterocycles. The van der Waals surface area contributed by atoms with Gasteiger partial charge < -0.3 is 14.9 Å². The van der Waals surface area contributed by atoms with Crippen molar-refractivity contribution < 1.29 is 23.3 Å². The first-order chi connectivity index (χ1) is 8.53. The lowest BCUT2D eigenvalue weighted by molar-refractivity contribution is 0.140. The molecule has 0 spiro atoms. The van der Waals surface area contributed by atoms with Gasteiger partial charge in [-0.15, -0.1) is 0 Å². The number of carbonyl (C=O) groups is 1. The van der Waals surface area contributed by atoms with Crippen LogP contribution in [0.2, 0.25) is 0 Å². The van der Waals surface area contributed by atoms with Gasteiger partial charge in [-0.25, -0.2) is 4.79 Å². The summed E-state index contributed by atoms with van der Waals surface area (Å²) in [5.41, 5.74) is 0.869. The lowest BCUT2D eigenvalue weighted by Gasteiger charge is -2.09. The zero-order valence-corrected chi connectivity index (χ0v) is 11.7. The molecule has 1 rings (SSSR count).